The summed E-state index contributed by atoms with van der Waals surface area (Å²) >= 11 is 0. The molecule has 2 N–H and O–H groups in total. The number of anilines is 1. The molecule has 1 saturated heterocycles. The largest absolute Gasteiger partial charge is 0.366 e. The van der Waals surface area contributed by atoms with Crippen LogP contribution in [0.4, 0.5) is 5.82 Å². The van der Waals surface area contributed by atoms with E-state index in [1.165, 1.54) is 6.20 Å². The Kier molecular flexibility index (Phi) is 3.32. The van der Waals surface area contributed by atoms with Crippen molar-refractivity contribution in [2.24, 2.45) is 0 Å². The molecule has 0 aromatic carbocycles. The van der Waals surface area contributed by atoms with Crippen LogP contribution in [0.1, 0.15) is 25.5 Å². The lowest BCUT2D eigenvalue weighted by atomic mass is 10.0. The number of nitrogens with zero attached hydrogens (tertiary/aromatic N) is 3. The number of nitriles is 1. The summed E-state index contributed by atoms with van der Waals surface area (Å²) in [6.07, 6.45) is 5.28. The molecule has 1 aliphatic rings. The molecule has 1 aliphatic heterocycles. The molecule has 2 atom stereocenters. The van der Waals surface area contributed by atoms with E-state index in [-0.39, 0.29) is 0 Å². The van der Waals surface area contributed by atoms with Crippen molar-refractivity contribution >= 4 is 5.82 Å². The van der Waals surface area contributed by atoms with Crippen LogP contribution < -0.4 is 10.6 Å². The molecule has 0 radical (unpaired) electrons. The van der Waals surface area contributed by atoms with Gasteiger partial charge in [-0.1, -0.05) is 0 Å². The van der Waals surface area contributed by atoms with Gasteiger partial charge in [-0.2, -0.15) is 5.26 Å². The molecule has 2 unspecified atom stereocenters. The van der Waals surface area contributed by atoms with E-state index in [0.717, 1.165) is 25.2 Å². The molecular formula is C11H15N5. The maximum absolute atomic E-state index is 8.60. The summed E-state index contributed by atoms with van der Waals surface area (Å²) in [4.78, 5) is 8.13. The van der Waals surface area contributed by atoms with Crippen LogP contribution in [0.25, 0.3) is 0 Å². The van der Waals surface area contributed by atoms with Crippen LogP contribution >= 0.6 is 0 Å². The molecule has 5 heteroatoms. The Bertz CT molecular complexity index is 380. The smallest absolute Gasteiger partial charge is 0.158 e. The molecule has 16 heavy (non-hydrogen) atoms. The first-order chi connectivity index (χ1) is 7.78. The Morgan fingerprint density at radius 1 is 1.50 bits per heavy atom. The molecule has 1 aromatic heterocycles. The lowest BCUT2D eigenvalue weighted by molar-refractivity contribution is 0.395. The maximum Gasteiger partial charge on any atom is 0.158 e. The third kappa shape index (κ3) is 2.67. The van der Waals surface area contributed by atoms with E-state index in [4.69, 9.17) is 5.26 Å². The summed E-state index contributed by atoms with van der Waals surface area (Å²) in [5, 5.41) is 15.3. The van der Waals surface area contributed by atoms with Crippen LogP contribution in [-0.4, -0.2) is 28.6 Å². The van der Waals surface area contributed by atoms with Crippen molar-refractivity contribution in [1.82, 2.24) is 15.3 Å². The topological polar surface area (TPSA) is 73.6 Å². The lowest BCUT2D eigenvalue weighted by Gasteiger charge is -2.28. The molecule has 0 saturated carbocycles. The molecule has 84 valence electrons. The van der Waals surface area contributed by atoms with Gasteiger partial charge in [0.25, 0.3) is 0 Å². The molecule has 2 rings (SSSR count). The fourth-order valence-corrected chi connectivity index (χ4v) is 1.93. The van der Waals surface area contributed by atoms with Crippen LogP contribution in [0.3, 0.4) is 0 Å². The molecule has 1 fully saturated rings. The molecule has 0 aliphatic carbocycles. The first kappa shape index (κ1) is 10.8. The monoisotopic (exact) mass is 217 g/mol. The molecule has 0 bridgehead atoms. The van der Waals surface area contributed by atoms with E-state index in [9.17, 15) is 0 Å². The predicted octanol–water partition coefficient (Wildman–Crippen LogP) is 0.901. The molecule has 1 aromatic rings. The average molecular weight is 217 g/mol. The highest BCUT2D eigenvalue weighted by atomic mass is 15.1. The summed E-state index contributed by atoms with van der Waals surface area (Å²) < 4.78 is 0. The predicted molar refractivity (Wildman–Crippen MR) is 60.9 cm³/mol. The number of rotatable bonds is 2. The minimum atomic E-state index is 0.351. The molecule has 5 nitrogen and oxygen atoms in total. The zero-order valence-corrected chi connectivity index (χ0v) is 9.27. The zero-order chi connectivity index (χ0) is 11.4. The van der Waals surface area contributed by atoms with Crippen LogP contribution in [0, 0.1) is 11.3 Å². The van der Waals surface area contributed by atoms with Crippen molar-refractivity contribution in [2.45, 2.75) is 31.8 Å². The Morgan fingerprint density at radius 3 is 3.00 bits per heavy atom. The normalized spacial score (nSPS) is 24.8. The van der Waals surface area contributed by atoms with E-state index < -0.39 is 0 Å². The van der Waals surface area contributed by atoms with Gasteiger partial charge >= 0.3 is 0 Å². The Morgan fingerprint density at radius 2 is 2.38 bits per heavy atom. The second-order valence-electron chi connectivity index (χ2n) is 4.12. The quantitative estimate of drug-likeness (QED) is 0.770. The van der Waals surface area contributed by atoms with E-state index in [1.807, 2.05) is 6.07 Å². The van der Waals surface area contributed by atoms with Crippen molar-refractivity contribution in [3.05, 3.63) is 18.1 Å². The van der Waals surface area contributed by atoms with Crippen molar-refractivity contribution in [3.8, 4) is 6.07 Å². The molecule has 2 heterocycles. The van der Waals surface area contributed by atoms with Gasteiger partial charge in [0.1, 0.15) is 11.9 Å². The average Bonchev–Trinajstić information content (AvgIpc) is 2.30. The van der Waals surface area contributed by atoms with Gasteiger partial charge in [-0.3, -0.25) is 0 Å². The third-order valence-electron chi connectivity index (χ3n) is 2.74. The van der Waals surface area contributed by atoms with Gasteiger partial charge in [0.15, 0.2) is 5.69 Å². The lowest BCUT2D eigenvalue weighted by Crippen LogP contribution is -2.41. The molecular weight excluding hydrogens is 202 g/mol. The minimum Gasteiger partial charge on any atom is -0.366 e. The van der Waals surface area contributed by atoms with Gasteiger partial charge in [0.2, 0.25) is 0 Å². The summed E-state index contributed by atoms with van der Waals surface area (Å²) in [6, 6.07) is 2.94. The van der Waals surface area contributed by atoms with Crippen LogP contribution in [0.5, 0.6) is 0 Å². The van der Waals surface area contributed by atoms with Gasteiger partial charge in [-0.05, 0) is 26.3 Å². The fourth-order valence-electron chi connectivity index (χ4n) is 1.93. The number of nitrogens with one attached hydrogen (secondary N) is 2. The zero-order valence-electron chi connectivity index (χ0n) is 9.27. The van der Waals surface area contributed by atoms with Gasteiger partial charge in [-0.25, -0.2) is 9.97 Å². The Balaban J connectivity index is 1.95. The minimum absolute atomic E-state index is 0.351. The molecule has 0 spiro atoms. The van der Waals surface area contributed by atoms with Crippen molar-refractivity contribution in [2.75, 3.05) is 11.9 Å². The number of hydrogen-bond acceptors (Lipinski definition) is 5. The van der Waals surface area contributed by atoms with E-state index in [2.05, 4.69) is 27.5 Å². The second-order valence-corrected chi connectivity index (χ2v) is 4.12. The standard InChI is InChI=1S/C11H15N5/c1-8-4-9(2-3-13-8)16-11-7-14-10(5-12)6-15-11/h6-9,13H,2-4H2,1H3,(H,15,16). The van der Waals surface area contributed by atoms with Crippen LogP contribution in [0.2, 0.25) is 0 Å². The first-order valence-electron chi connectivity index (χ1n) is 5.50. The Labute approximate surface area is 94.9 Å². The highest BCUT2D eigenvalue weighted by molar-refractivity contribution is 5.34. The van der Waals surface area contributed by atoms with Gasteiger partial charge < -0.3 is 10.6 Å². The summed E-state index contributed by atoms with van der Waals surface area (Å²) in [7, 11) is 0. The molecule has 0 amide bonds. The second kappa shape index (κ2) is 4.90. The Hall–Kier alpha value is -1.67. The summed E-state index contributed by atoms with van der Waals surface area (Å²) in [5.74, 6) is 0.748. The van der Waals surface area contributed by atoms with Crippen LogP contribution in [0.15, 0.2) is 12.4 Å². The van der Waals surface area contributed by atoms with E-state index >= 15 is 0 Å². The highest BCUT2D eigenvalue weighted by Crippen LogP contribution is 2.13. The van der Waals surface area contributed by atoms with E-state index in [1.54, 1.807) is 6.20 Å². The van der Waals surface area contributed by atoms with Crippen molar-refractivity contribution in [3.63, 3.8) is 0 Å². The number of aromatic nitrogens is 2. The van der Waals surface area contributed by atoms with Crippen molar-refractivity contribution in [1.29, 1.82) is 5.26 Å². The van der Waals surface area contributed by atoms with E-state index in [0.29, 0.717) is 17.8 Å². The third-order valence-corrected chi connectivity index (χ3v) is 2.74. The van der Waals surface area contributed by atoms with Gasteiger partial charge in [0, 0.05) is 12.1 Å². The number of hydrogen-bond donors (Lipinski definition) is 2. The summed E-state index contributed by atoms with van der Waals surface area (Å²) in [6.45, 7) is 3.21. The van der Waals surface area contributed by atoms with Crippen LogP contribution in [-0.2, 0) is 0 Å². The maximum atomic E-state index is 8.60. The highest BCUT2D eigenvalue weighted by Gasteiger charge is 2.18. The number of piperidine rings is 1. The van der Waals surface area contributed by atoms with Gasteiger partial charge in [0.05, 0.1) is 12.4 Å². The van der Waals surface area contributed by atoms with Crippen molar-refractivity contribution < 1.29 is 0 Å². The summed E-state index contributed by atoms with van der Waals surface area (Å²) in [5.41, 5.74) is 0.351. The fraction of sp³-hybridized carbons (Fsp3) is 0.545. The first-order valence-corrected chi connectivity index (χ1v) is 5.50. The van der Waals surface area contributed by atoms with Gasteiger partial charge in [-0.15, -0.1) is 0 Å². The SMILES string of the molecule is CC1CC(Nc2cnc(C#N)cn2)CCN1.